The van der Waals surface area contributed by atoms with E-state index in [0.29, 0.717) is 28.6 Å². The molecule has 3 aromatic carbocycles. The predicted octanol–water partition coefficient (Wildman–Crippen LogP) is 6.49. The van der Waals surface area contributed by atoms with E-state index in [2.05, 4.69) is 5.32 Å². The number of benzene rings is 3. The first-order valence-electron chi connectivity index (χ1n) is 8.12. The monoisotopic (exact) mass is 408 g/mol. The molecule has 0 aromatic heterocycles. The van der Waals surface area contributed by atoms with Crippen LogP contribution in [0.2, 0.25) is 5.02 Å². The second kappa shape index (κ2) is 7.90. The predicted molar refractivity (Wildman–Crippen MR) is 104 cm³/mol. The van der Waals surface area contributed by atoms with Crippen LogP contribution in [0, 0.1) is 0 Å². The van der Waals surface area contributed by atoms with Crippen molar-refractivity contribution in [2.45, 2.75) is 6.18 Å². The number of nitrogens with one attached hydrogen (secondary N) is 1. The first-order chi connectivity index (χ1) is 13.3. The zero-order valence-corrected chi connectivity index (χ0v) is 15.4. The van der Waals surface area contributed by atoms with Gasteiger partial charge < -0.3 is 20.5 Å². The first-order valence-corrected chi connectivity index (χ1v) is 8.50. The summed E-state index contributed by atoms with van der Waals surface area (Å²) >= 11 is 5.73. The molecule has 0 atom stereocenters. The van der Waals surface area contributed by atoms with Gasteiger partial charge in [-0.2, -0.15) is 13.2 Å². The zero-order valence-electron chi connectivity index (χ0n) is 14.7. The molecule has 0 saturated carbocycles. The van der Waals surface area contributed by atoms with Crippen molar-refractivity contribution >= 4 is 28.7 Å². The average molecular weight is 409 g/mol. The summed E-state index contributed by atoms with van der Waals surface area (Å²) in [6.07, 6.45) is -4.53. The molecule has 0 saturated heterocycles. The summed E-state index contributed by atoms with van der Waals surface area (Å²) < 4.78 is 49.4. The topological polar surface area (TPSA) is 56.5 Å². The van der Waals surface area contributed by atoms with Gasteiger partial charge in [0.05, 0.1) is 34.8 Å². The maximum Gasteiger partial charge on any atom is 0.417 e. The summed E-state index contributed by atoms with van der Waals surface area (Å²) in [4.78, 5) is 0. The highest BCUT2D eigenvalue weighted by Gasteiger charge is 2.33. The van der Waals surface area contributed by atoms with E-state index >= 15 is 0 Å². The zero-order chi connectivity index (χ0) is 20.3. The normalized spacial score (nSPS) is 11.2. The van der Waals surface area contributed by atoms with E-state index in [1.807, 2.05) is 18.2 Å². The molecule has 4 nitrogen and oxygen atoms in total. The minimum atomic E-state index is -4.53. The van der Waals surface area contributed by atoms with Crippen LogP contribution in [0.4, 0.5) is 30.2 Å². The van der Waals surface area contributed by atoms with Crippen molar-refractivity contribution in [3.8, 4) is 17.2 Å². The molecule has 0 radical (unpaired) electrons. The largest absolute Gasteiger partial charge is 0.495 e. The first kappa shape index (κ1) is 19.7. The number of para-hydroxylation sites is 2. The highest BCUT2D eigenvalue weighted by molar-refractivity contribution is 6.31. The van der Waals surface area contributed by atoms with Gasteiger partial charge in [0, 0.05) is 12.1 Å². The third-order valence-corrected chi connectivity index (χ3v) is 4.20. The molecular weight excluding hydrogens is 393 g/mol. The standard InChI is InChI=1S/C20H16ClF3N2O2/c1-27-19-5-3-2-4-17(19)26-18-11-13(7-9-16(18)25)28-12-6-8-14(15(21)10-12)20(22,23)24/h2-11,26H,25H2,1H3. The second-order valence-electron chi connectivity index (χ2n) is 5.82. The SMILES string of the molecule is COc1ccccc1Nc1cc(Oc2ccc(C(F)(F)F)c(Cl)c2)ccc1N. The summed E-state index contributed by atoms with van der Waals surface area (Å²) in [5.41, 5.74) is 6.81. The summed E-state index contributed by atoms with van der Waals surface area (Å²) in [6, 6.07) is 15.4. The molecule has 0 amide bonds. The van der Waals surface area contributed by atoms with Crippen LogP contribution in [0.3, 0.4) is 0 Å². The van der Waals surface area contributed by atoms with Gasteiger partial charge in [-0.15, -0.1) is 0 Å². The number of halogens is 4. The second-order valence-corrected chi connectivity index (χ2v) is 6.22. The molecule has 3 rings (SSSR count). The maximum absolute atomic E-state index is 12.8. The van der Waals surface area contributed by atoms with Gasteiger partial charge in [-0.05, 0) is 36.4 Å². The Morgan fingerprint density at radius 2 is 1.61 bits per heavy atom. The minimum absolute atomic E-state index is 0.172. The van der Waals surface area contributed by atoms with Crippen LogP contribution in [0.1, 0.15) is 5.56 Å². The Bertz CT molecular complexity index is 993. The smallest absolute Gasteiger partial charge is 0.417 e. The number of methoxy groups -OCH3 is 1. The lowest BCUT2D eigenvalue weighted by Crippen LogP contribution is -2.05. The van der Waals surface area contributed by atoms with E-state index in [9.17, 15) is 13.2 Å². The van der Waals surface area contributed by atoms with Gasteiger partial charge >= 0.3 is 6.18 Å². The summed E-state index contributed by atoms with van der Waals surface area (Å²) in [7, 11) is 1.55. The third-order valence-electron chi connectivity index (χ3n) is 3.88. The van der Waals surface area contributed by atoms with E-state index < -0.39 is 16.8 Å². The maximum atomic E-state index is 12.8. The van der Waals surface area contributed by atoms with Crippen molar-refractivity contribution in [1.82, 2.24) is 0 Å². The fourth-order valence-electron chi connectivity index (χ4n) is 2.53. The Labute approximate surface area is 164 Å². The van der Waals surface area contributed by atoms with Crippen molar-refractivity contribution in [3.05, 3.63) is 71.2 Å². The van der Waals surface area contributed by atoms with E-state index in [1.165, 1.54) is 6.07 Å². The minimum Gasteiger partial charge on any atom is -0.495 e. The van der Waals surface area contributed by atoms with Crippen molar-refractivity contribution in [1.29, 1.82) is 0 Å². The highest BCUT2D eigenvalue weighted by atomic mass is 35.5. The molecular formula is C20H16ClF3N2O2. The van der Waals surface area contributed by atoms with Gasteiger partial charge in [-0.25, -0.2) is 0 Å². The van der Waals surface area contributed by atoms with Crippen molar-refractivity contribution in [2.75, 3.05) is 18.2 Å². The molecule has 3 aromatic rings. The Kier molecular flexibility index (Phi) is 5.56. The molecule has 0 aliphatic carbocycles. The van der Waals surface area contributed by atoms with Gasteiger partial charge in [0.2, 0.25) is 0 Å². The van der Waals surface area contributed by atoms with Crippen molar-refractivity contribution in [2.24, 2.45) is 0 Å². The Balaban J connectivity index is 1.85. The number of rotatable bonds is 5. The lowest BCUT2D eigenvalue weighted by molar-refractivity contribution is -0.137. The third kappa shape index (κ3) is 4.43. The van der Waals surface area contributed by atoms with E-state index in [-0.39, 0.29) is 5.75 Å². The van der Waals surface area contributed by atoms with Crippen molar-refractivity contribution in [3.63, 3.8) is 0 Å². The summed E-state index contributed by atoms with van der Waals surface area (Å²) in [6.45, 7) is 0. The lowest BCUT2D eigenvalue weighted by atomic mass is 10.2. The van der Waals surface area contributed by atoms with E-state index in [1.54, 1.807) is 31.4 Å². The molecule has 146 valence electrons. The van der Waals surface area contributed by atoms with E-state index in [0.717, 1.165) is 12.1 Å². The molecule has 0 unspecified atom stereocenters. The van der Waals surface area contributed by atoms with Crippen LogP contribution in [-0.2, 0) is 6.18 Å². The Morgan fingerprint density at radius 1 is 0.929 bits per heavy atom. The molecule has 0 bridgehead atoms. The highest BCUT2D eigenvalue weighted by Crippen LogP contribution is 2.38. The average Bonchev–Trinajstić information content (AvgIpc) is 2.64. The number of anilines is 3. The fourth-order valence-corrected chi connectivity index (χ4v) is 2.80. The molecule has 0 aliphatic rings. The van der Waals surface area contributed by atoms with Crippen LogP contribution in [0.25, 0.3) is 0 Å². The summed E-state index contributed by atoms with van der Waals surface area (Å²) in [5, 5.41) is 2.72. The van der Waals surface area contributed by atoms with E-state index in [4.69, 9.17) is 26.8 Å². The number of hydrogen-bond donors (Lipinski definition) is 2. The molecule has 0 fully saturated rings. The van der Waals surface area contributed by atoms with Crippen LogP contribution in [-0.4, -0.2) is 7.11 Å². The van der Waals surface area contributed by atoms with Crippen LogP contribution < -0.4 is 20.5 Å². The Morgan fingerprint density at radius 3 is 2.29 bits per heavy atom. The molecule has 0 spiro atoms. The number of nitrogens with two attached hydrogens (primary N) is 1. The molecule has 0 aliphatic heterocycles. The number of nitrogen functional groups attached to an aromatic ring is 1. The molecule has 3 N–H and O–H groups in total. The van der Waals surface area contributed by atoms with Gasteiger partial charge in [-0.1, -0.05) is 23.7 Å². The van der Waals surface area contributed by atoms with Gasteiger partial charge in [0.15, 0.2) is 0 Å². The molecule has 0 heterocycles. The fraction of sp³-hybridized carbons (Fsp3) is 0.100. The van der Waals surface area contributed by atoms with Crippen molar-refractivity contribution < 1.29 is 22.6 Å². The number of alkyl halides is 3. The number of ether oxygens (including phenoxy) is 2. The Hall–Kier alpha value is -3.06. The van der Waals surface area contributed by atoms with Gasteiger partial charge in [-0.3, -0.25) is 0 Å². The van der Waals surface area contributed by atoms with Crippen LogP contribution in [0.5, 0.6) is 17.2 Å². The van der Waals surface area contributed by atoms with Crippen LogP contribution >= 0.6 is 11.6 Å². The quantitative estimate of drug-likeness (QED) is 0.474. The van der Waals surface area contributed by atoms with Gasteiger partial charge in [0.1, 0.15) is 17.2 Å². The van der Waals surface area contributed by atoms with Gasteiger partial charge in [0.25, 0.3) is 0 Å². The summed E-state index contributed by atoms with van der Waals surface area (Å²) in [5.74, 6) is 1.18. The lowest BCUT2D eigenvalue weighted by Gasteiger charge is -2.15. The van der Waals surface area contributed by atoms with Crippen LogP contribution in [0.15, 0.2) is 60.7 Å². The number of hydrogen-bond acceptors (Lipinski definition) is 4. The molecule has 8 heteroatoms. The molecule has 28 heavy (non-hydrogen) atoms.